The van der Waals surface area contributed by atoms with Crippen molar-refractivity contribution in [2.45, 2.75) is 52.5 Å². The van der Waals surface area contributed by atoms with E-state index in [4.69, 9.17) is 4.74 Å². The van der Waals surface area contributed by atoms with Gasteiger partial charge in [-0.2, -0.15) is 0 Å². The molecule has 0 spiro atoms. The zero-order valence-corrected chi connectivity index (χ0v) is 21.7. The predicted octanol–water partition coefficient (Wildman–Crippen LogP) is 4.08. The molecule has 0 saturated carbocycles. The summed E-state index contributed by atoms with van der Waals surface area (Å²) in [5.41, 5.74) is 2.04. The van der Waals surface area contributed by atoms with E-state index in [0.717, 1.165) is 29.7 Å². The van der Waals surface area contributed by atoms with E-state index in [-0.39, 0.29) is 28.7 Å². The third kappa shape index (κ3) is 5.30. The standard InChI is InChI=1S/C25H32N2O5S2/c1-25(2,3)16-8-9-19-20(13-16)33-24(27-22(28)15-6-5-7-18(12-15)32-4)21(19)23(29)26-17-10-11-34(30,31)14-17/h5-7,12,16-17H,8-11,13-14H2,1-4H3,(H,26,29)(H,27,28). The molecular weight excluding hydrogens is 472 g/mol. The predicted molar refractivity (Wildman–Crippen MR) is 135 cm³/mol. The van der Waals surface area contributed by atoms with Crippen LogP contribution in [0.3, 0.4) is 0 Å². The van der Waals surface area contributed by atoms with Crippen molar-refractivity contribution in [3.63, 3.8) is 0 Å². The van der Waals surface area contributed by atoms with E-state index in [9.17, 15) is 18.0 Å². The Morgan fingerprint density at radius 3 is 2.56 bits per heavy atom. The molecule has 1 aromatic carbocycles. The fourth-order valence-electron chi connectivity index (χ4n) is 4.76. The van der Waals surface area contributed by atoms with Crippen molar-refractivity contribution in [3.8, 4) is 5.75 Å². The number of ether oxygens (including phenoxy) is 1. The first kappa shape index (κ1) is 24.7. The van der Waals surface area contributed by atoms with Crippen LogP contribution in [0.1, 0.15) is 64.8 Å². The number of carbonyl (C=O) groups is 2. The van der Waals surface area contributed by atoms with E-state index >= 15 is 0 Å². The maximum Gasteiger partial charge on any atom is 0.256 e. The lowest BCUT2D eigenvalue weighted by atomic mass is 9.72. The Morgan fingerprint density at radius 2 is 1.91 bits per heavy atom. The van der Waals surface area contributed by atoms with Crippen LogP contribution < -0.4 is 15.4 Å². The van der Waals surface area contributed by atoms with Crippen LogP contribution in [0.15, 0.2) is 24.3 Å². The number of benzene rings is 1. The van der Waals surface area contributed by atoms with Gasteiger partial charge < -0.3 is 15.4 Å². The van der Waals surface area contributed by atoms with E-state index in [1.54, 1.807) is 31.4 Å². The number of anilines is 1. The minimum absolute atomic E-state index is 0.0390. The van der Waals surface area contributed by atoms with Crippen LogP contribution in [-0.4, -0.2) is 44.9 Å². The summed E-state index contributed by atoms with van der Waals surface area (Å²) in [7, 11) is -1.57. The van der Waals surface area contributed by atoms with Crippen LogP contribution >= 0.6 is 11.3 Å². The summed E-state index contributed by atoms with van der Waals surface area (Å²) in [6, 6.07) is 6.46. The number of hydrogen-bond donors (Lipinski definition) is 2. The largest absolute Gasteiger partial charge is 0.497 e. The van der Waals surface area contributed by atoms with E-state index in [1.807, 2.05) is 0 Å². The highest BCUT2D eigenvalue weighted by molar-refractivity contribution is 7.91. The third-order valence-electron chi connectivity index (χ3n) is 6.84. The molecule has 184 valence electrons. The Hall–Kier alpha value is -2.39. The van der Waals surface area contributed by atoms with Gasteiger partial charge in [-0.25, -0.2) is 8.42 Å². The number of sulfone groups is 1. The smallest absolute Gasteiger partial charge is 0.256 e. The first-order chi connectivity index (χ1) is 16.0. The Balaban J connectivity index is 1.65. The molecule has 1 aliphatic heterocycles. The number of nitrogens with one attached hydrogen (secondary N) is 2. The van der Waals surface area contributed by atoms with Gasteiger partial charge in [-0.15, -0.1) is 11.3 Å². The van der Waals surface area contributed by atoms with Gasteiger partial charge >= 0.3 is 0 Å². The van der Waals surface area contributed by atoms with Gasteiger partial charge in [0.2, 0.25) is 0 Å². The van der Waals surface area contributed by atoms with Crippen LogP contribution in [0.4, 0.5) is 5.00 Å². The molecule has 0 bridgehead atoms. The Labute approximate surface area is 205 Å². The SMILES string of the molecule is COc1cccc(C(=O)Nc2sc3c(c2C(=O)NC2CCS(=O)(=O)C2)CCC(C(C)(C)C)C3)c1. The number of fused-ring (bicyclic) bond motifs is 1. The van der Waals surface area contributed by atoms with Crippen molar-refractivity contribution in [2.75, 3.05) is 23.9 Å². The van der Waals surface area contributed by atoms with E-state index in [0.29, 0.717) is 34.2 Å². The van der Waals surface area contributed by atoms with E-state index < -0.39 is 15.9 Å². The highest BCUT2D eigenvalue weighted by Crippen LogP contribution is 2.44. The van der Waals surface area contributed by atoms with Gasteiger partial charge in [-0.1, -0.05) is 26.8 Å². The average molecular weight is 505 g/mol. The fraction of sp³-hybridized carbons (Fsp3) is 0.520. The van der Waals surface area contributed by atoms with Gasteiger partial charge in [0.05, 0.1) is 24.2 Å². The topological polar surface area (TPSA) is 102 Å². The second-order valence-corrected chi connectivity index (χ2v) is 13.6. The number of methoxy groups -OCH3 is 1. The fourth-order valence-corrected chi connectivity index (χ4v) is 7.75. The molecule has 34 heavy (non-hydrogen) atoms. The molecule has 0 radical (unpaired) electrons. The molecule has 2 N–H and O–H groups in total. The average Bonchev–Trinajstić information content (AvgIpc) is 3.30. The number of carbonyl (C=O) groups excluding carboxylic acids is 2. The zero-order chi connectivity index (χ0) is 24.7. The van der Waals surface area contributed by atoms with Gasteiger partial charge in [-0.3, -0.25) is 9.59 Å². The van der Waals surface area contributed by atoms with Gasteiger partial charge in [0.15, 0.2) is 9.84 Å². The van der Waals surface area contributed by atoms with Crippen molar-refractivity contribution in [1.82, 2.24) is 5.32 Å². The molecule has 4 rings (SSSR count). The lowest BCUT2D eigenvalue weighted by Gasteiger charge is -2.33. The highest BCUT2D eigenvalue weighted by atomic mass is 32.2. The minimum Gasteiger partial charge on any atom is -0.497 e. The second-order valence-electron chi connectivity index (χ2n) is 10.3. The first-order valence-corrected chi connectivity index (χ1v) is 14.2. The Kier molecular flexibility index (Phi) is 6.79. The normalized spacial score (nSPS) is 21.5. The molecule has 2 amide bonds. The second kappa shape index (κ2) is 9.34. The van der Waals surface area contributed by atoms with Crippen LogP contribution in [0, 0.1) is 11.3 Å². The Morgan fingerprint density at radius 1 is 1.15 bits per heavy atom. The molecule has 2 unspecified atom stereocenters. The van der Waals surface area contributed by atoms with Gasteiger partial charge in [0, 0.05) is 16.5 Å². The van der Waals surface area contributed by atoms with E-state index in [2.05, 4.69) is 31.4 Å². The van der Waals surface area contributed by atoms with Crippen molar-refractivity contribution >= 4 is 38.0 Å². The first-order valence-electron chi connectivity index (χ1n) is 11.6. The maximum absolute atomic E-state index is 13.4. The number of rotatable bonds is 5. The van der Waals surface area contributed by atoms with Crippen molar-refractivity contribution in [1.29, 1.82) is 0 Å². The molecule has 2 aromatic rings. The number of thiophene rings is 1. The summed E-state index contributed by atoms with van der Waals surface area (Å²) in [6.45, 7) is 6.70. The third-order valence-corrected chi connectivity index (χ3v) is 9.78. The lowest BCUT2D eigenvalue weighted by molar-refractivity contribution is 0.0941. The highest BCUT2D eigenvalue weighted by Gasteiger charge is 2.36. The molecule has 1 aliphatic carbocycles. The molecule has 1 aromatic heterocycles. The molecule has 2 atom stereocenters. The van der Waals surface area contributed by atoms with Crippen LogP contribution in [0.5, 0.6) is 5.75 Å². The lowest BCUT2D eigenvalue weighted by Crippen LogP contribution is -2.36. The van der Waals surface area contributed by atoms with E-state index in [1.165, 1.54) is 11.3 Å². The van der Waals surface area contributed by atoms with Crippen molar-refractivity contribution in [3.05, 3.63) is 45.8 Å². The molecule has 2 aliphatic rings. The zero-order valence-electron chi connectivity index (χ0n) is 20.1. The summed E-state index contributed by atoms with van der Waals surface area (Å²) in [5, 5.41) is 6.39. The summed E-state index contributed by atoms with van der Waals surface area (Å²) < 4.78 is 29.0. The number of hydrogen-bond acceptors (Lipinski definition) is 6. The molecule has 1 fully saturated rings. The summed E-state index contributed by atoms with van der Waals surface area (Å²) >= 11 is 1.46. The number of amides is 2. The van der Waals surface area contributed by atoms with Crippen LogP contribution in [0.2, 0.25) is 0 Å². The summed E-state index contributed by atoms with van der Waals surface area (Å²) in [5.74, 6) is 0.481. The van der Waals surface area contributed by atoms with Gasteiger partial charge in [-0.05, 0) is 60.8 Å². The minimum atomic E-state index is -3.12. The van der Waals surface area contributed by atoms with Gasteiger partial charge in [0.25, 0.3) is 11.8 Å². The maximum atomic E-state index is 13.4. The van der Waals surface area contributed by atoms with Crippen molar-refractivity contribution in [2.24, 2.45) is 11.3 Å². The van der Waals surface area contributed by atoms with Gasteiger partial charge in [0.1, 0.15) is 10.8 Å². The molecule has 7 nitrogen and oxygen atoms in total. The van der Waals surface area contributed by atoms with Crippen molar-refractivity contribution < 1.29 is 22.7 Å². The van der Waals surface area contributed by atoms with Crippen LogP contribution in [-0.2, 0) is 22.7 Å². The molecule has 2 heterocycles. The molecule has 1 saturated heterocycles. The Bertz CT molecular complexity index is 1210. The quantitative estimate of drug-likeness (QED) is 0.639. The summed E-state index contributed by atoms with van der Waals surface area (Å²) in [4.78, 5) is 27.6. The summed E-state index contributed by atoms with van der Waals surface area (Å²) in [6.07, 6.45) is 3.00. The monoisotopic (exact) mass is 504 g/mol. The molecule has 9 heteroatoms. The van der Waals surface area contributed by atoms with Crippen LogP contribution in [0.25, 0.3) is 0 Å². The molecular formula is C25H32N2O5S2.